The molecule has 3 rings (SSSR count). The summed E-state index contributed by atoms with van der Waals surface area (Å²) in [5.74, 6) is -0.218. The van der Waals surface area contributed by atoms with E-state index in [9.17, 15) is 13.2 Å². The van der Waals surface area contributed by atoms with Gasteiger partial charge in [-0.2, -0.15) is 4.31 Å². The molecule has 1 amide bonds. The molecule has 2 aromatic rings. The standard InChI is InChI=1S/C21H26N2O5S/c1-21(2,3)16-5-7-17(8-6-16)29(26,27)23-10-9-14-11-15(20(24)22-25)12-19(28-4)18(14)13-23/h5-8,11-12,25H,9-10,13H2,1-4H3,(H,22,24). The predicted molar refractivity (Wildman–Crippen MR) is 109 cm³/mol. The Morgan fingerprint density at radius 1 is 1.17 bits per heavy atom. The van der Waals surface area contributed by atoms with Gasteiger partial charge in [-0.3, -0.25) is 10.0 Å². The van der Waals surface area contributed by atoms with Gasteiger partial charge in [0.05, 0.1) is 12.0 Å². The van der Waals surface area contributed by atoms with Crippen LogP contribution in [-0.4, -0.2) is 37.5 Å². The van der Waals surface area contributed by atoms with Crippen LogP contribution in [0.3, 0.4) is 0 Å². The Morgan fingerprint density at radius 3 is 2.38 bits per heavy atom. The highest BCUT2D eigenvalue weighted by atomic mass is 32.2. The summed E-state index contributed by atoms with van der Waals surface area (Å²) in [5.41, 5.74) is 4.43. The Morgan fingerprint density at radius 2 is 1.83 bits per heavy atom. The van der Waals surface area contributed by atoms with Crippen molar-refractivity contribution in [2.75, 3.05) is 13.7 Å². The van der Waals surface area contributed by atoms with Crippen LogP contribution in [0.15, 0.2) is 41.3 Å². The highest BCUT2D eigenvalue weighted by molar-refractivity contribution is 7.89. The maximum atomic E-state index is 13.2. The molecule has 2 aromatic carbocycles. The van der Waals surface area contributed by atoms with Crippen molar-refractivity contribution in [1.82, 2.24) is 9.79 Å². The van der Waals surface area contributed by atoms with Crippen LogP contribution in [0.5, 0.6) is 5.75 Å². The number of rotatable bonds is 4. The van der Waals surface area contributed by atoms with Gasteiger partial charge in [0.2, 0.25) is 10.0 Å². The summed E-state index contributed by atoms with van der Waals surface area (Å²) in [4.78, 5) is 12.0. The molecule has 7 nitrogen and oxygen atoms in total. The van der Waals surface area contributed by atoms with E-state index >= 15 is 0 Å². The van der Waals surface area contributed by atoms with Crippen molar-refractivity contribution < 1.29 is 23.2 Å². The SMILES string of the molecule is COc1cc(C(=O)NO)cc2c1CN(S(=O)(=O)c1ccc(C(C)(C)C)cc1)CC2. The second-order valence-corrected chi connectivity index (χ2v) is 10.1. The van der Waals surface area contributed by atoms with E-state index in [2.05, 4.69) is 20.8 Å². The number of sulfonamides is 1. The summed E-state index contributed by atoms with van der Waals surface area (Å²) in [6, 6.07) is 10.2. The van der Waals surface area contributed by atoms with Crippen LogP contribution < -0.4 is 10.2 Å². The molecule has 0 atom stereocenters. The summed E-state index contributed by atoms with van der Waals surface area (Å²) in [6.07, 6.45) is 0.442. The molecule has 0 unspecified atom stereocenters. The molecule has 0 saturated heterocycles. The van der Waals surface area contributed by atoms with Crippen LogP contribution in [0.1, 0.15) is 47.8 Å². The number of methoxy groups -OCH3 is 1. The van der Waals surface area contributed by atoms with E-state index in [4.69, 9.17) is 9.94 Å². The number of benzene rings is 2. The zero-order chi connectivity index (χ0) is 21.4. The number of nitrogens with one attached hydrogen (secondary N) is 1. The first-order chi connectivity index (χ1) is 13.6. The van der Waals surface area contributed by atoms with Gasteiger partial charge in [-0.05, 0) is 47.2 Å². The maximum absolute atomic E-state index is 13.2. The van der Waals surface area contributed by atoms with Gasteiger partial charge >= 0.3 is 0 Å². The van der Waals surface area contributed by atoms with Crippen molar-refractivity contribution in [2.45, 2.75) is 44.0 Å². The number of fused-ring (bicyclic) bond motifs is 1. The number of nitrogens with zero attached hydrogens (tertiary/aromatic N) is 1. The predicted octanol–water partition coefficient (Wildman–Crippen LogP) is 2.86. The first-order valence-electron chi connectivity index (χ1n) is 9.33. The van der Waals surface area contributed by atoms with E-state index in [0.29, 0.717) is 18.7 Å². The third kappa shape index (κ3) is 4.14. The fourth-order valence-corrected chi connectivity index (χ4v) is 4.87. The zero-order valence-corrected chi connectivity index (χ0v) is 17.8. The lowest BCUT2D eigenvalue weighted by Gasteiger charge is -2.30. The summed E-state index contributed by atoms with van der Waals surface area (Å²) < 4.78 is 33.1. The minimum absolute atomic E-state index is 0.0573. The summed E-state index contributed by atoms with van der Waals surface area (Å²) in [7, 11) is -2.20. The number of carbonyl (C=O) groups excluding carboxylic acids is 1. The molecule has 0 aromatic heterocycles. The first-order valence-corrected chi connectivity index (χ1v) is 10.8. The lowest BCUT2D eigenvalue weighted by molar-refractivity contribution is 0.0705. The van der Waals surface area contributed by atoms with Gasteiger partial charge in [-0.25, -0.2) is 13.9 Å². The Balaban J connectivity index is 1.92. The van der Waals surface area contributed by atoms with Gasteiger partial charge in [0.25, 0.3) is 5.91 Å². The molecular weight excluding hydrogens is 392 g/mol. The Bertz CT molecular complexity index is 1010. The first kappa shape index (κ1) is 21.3. The third-order valence-electron chi connectivity index (χ3n) is 5.21. The Kier molecular flexibility index (Phi) is 5.71. The number of carbonyl (C=O) groups is 1. The van der Waals surface area contributed by atoms with Gasteiger partial charge in [-0.1, -0.05) is 32.9 Å². The topological polar surface area (TPSA) is 95.9 Å². The summed E-state index contributed by atoms with van der Waals surface area (Å²) in [5, 5.41) is 8.87. The van der Waals surface area contributed by atoms with Crippen molar-refractivity contribution in [3.63, 3.8) is 0 Å². The zero-order valence-electron chi connectivity index (χ0n) is 17.0. The van der Waals surface area contributed by atoms with Gasteiger partial charge in [0, 0.05) is 24.2 Å². The highest BCUT2D eigenvalue weighted by Crippen LogP contribution is 2.33. The quantitative estimate of drug-likeness (QED) is 0.588. The molecule has 0 spiro atoms. The molecule has 0 aliphatic carbocycles. The van der Waals surface area contributed by atoms with Crippen LogP contribution in [0, 0.1) is 0 Å². The van der Waals surface area contributed by atoms with Gasteiger partial charge in [0.1, 0.15) is 5.75 Å². The molecule has 8 heteroatoms. The Labute approximate surface area is 171 Å². The molecule has 0 fully saturated rings. The van der Waals surface area contributed by atoms with Crippen LogP contribution in [-0.2, 0) is 28.4 Å². The number of hydroxylamine groups is 1. The molecule has 0 radical (unpaired) electrons. The molecule has 1 aliphatic rings. The van der Waals surface area contributed by atoms with Crippen LogP contribution in [0.25, 0.3) is 0 Å². The maximum Gasteiger partial charge on any atom is 0.274 e. The minimum atomic E-state index is -3.66. The van der Waals surface area contributed by atoms with Gasteiger partial charge < -0.3 is 4.74 Å². The summed E-state index contributed by atoms with van der Waals surface area (Å²) >= 11 is 0. The van der Waals surface area contributed by atoms with E-state index in [1.54, 1.807) is 23.7 Å². The molecule has 2 N–H and O–H groups in total. The van der Waals surface area contributed by atoms with E-state index in [-0.39, 0.29) is 22.4 Å². The molecule has 0 bridgehead atoms. The normalized spacial score (nSPS) is 14.9. The Hall–Kier alpha value is -2.42. The van der Waals surface area contributed by atoms with Crippen molar-refractivity contribution in [3.8, 4) is 5.75 Å². The third-order valence-corrected chi connectivity index (χ3v) is 7.07. The molecule has 0 saturated carbocycles. The molecule has 156 valence electrons. The number of amides is 1. The molecule has 1 aliphatic heterocycles. The average molecular weight is 419 g/mol. The van der Waals surface area contributed by atoms with Crippen LogP contribution in [0.2, 0.25) is 0 Å². The highest BCUT2D eigenvalue weighted by Gasteiger charge is 2.31. The smallest absolute Gasteiger partial charge is 0.274 e. The van der Waals surface area contributed by atoms with Crippen molar-refractivity contribution >= 4 is 15.9 Å². The number of ether oxygens (including phenoxy) is 1. The lowest BCUT2D eigenvalue weighted by atomic mass is 9.87. The van der Waals surface area contributed by atoms with Gasteiger partial charge in [0.15, 0.2) is 0 Å². The van der Waals surface area contributed by atoms with Crippen molar-refractivity contribution in [1.29, 1.82) is 0 Å². The minimum Gasteiger partial charge on any atom is -0.496 e. The van der Waals surface area contributed by atoms with E-state index in [1.165, 1.54) is 17.5 Å². The van der Waals surface area contributed by atoms with E-state index in [0.717, 1.165) is 16.7 Å². The summed E-state index contributed by atoms with van der Waals surface area (Å²) in [6.45, 7) is 6.69. The fraction of sp³-hybridized carbons (Fsp3) is 0.381. The van der Waals surface area contributed by atoms with Crippen molar-refractivity contribution in [3.05, 3.63) is 58.7 Å². The van der Waals surface area contributed by atoms with Crippen LogP contribution in [0.4, 0.5) is 0 Å². The second kappa shape index (κ2) is 7.78. The van der Waals surface area contributed by atoms with E-state index < -0.39 is 15.9 Å². The van der Waals surface area contributed by atoms with E-state index in [1.807, 2.05) is 12.1 Å². The monoisotopic (exact) mass is 418 g/mol. The fourth-order valence-electron chi connectivity index (χ4n) is 3.47. The number of hydrogen-bond donors (Lipinski definition) is 2. The average Bonchev–Trinajstić information content (AvgIpc) is 2.71. The van der Waals surface area contributed by atoms with Crippen LogP contribution >= 0.6 is 0 Å². The van der Waals surface area contributed by atoms with Gasteiger partial charge in [-0.15, -0.1) is 0 Å². The molecular formula is C21H26N2O5S. The second-order valence-electron chi connectivity index (χ2n) is 8.12. The molecule has 1 heterocycles. The number of hydrogen-bond acceptors (Lipinski definition) is 5. The molecule has 29 heavy (non-hydrogen) atoms. The lowest BCUT2D eigenvalue weighted by Crippen LogP contribution is -2.36. The largest absolute Gasteiger partial charge is 0.496 e. The van der Waals surface area contributed by atoms with Crippen molar-refractivity contribution in [2.24, 2.45) is 0 Å².